The van der Waals surface area contributed by atoms with E-state index >= 15 is 0 Å². The average Bonchev–Trinajstić information content (AvgIpc) is 3.32. The molecule has 0 atom stereocenters. The van der Waals surface area contributed by atoms with Crippen LogP contribution in [0.3, 0.4) is 0 Å². The smallest absolute Gasteiger partial charge is 0.407 e. The van der Waals surface area contributed by atoms with Gasteiger partial charge in [-0.3, -0.25) is 4.79 Å². The Kier molecular flexibility index (Phi) is 4.58. The van der Waals surface area contributed by atoms with E-state index in [1.807, 2.05) is 24.3 Å². The summed E-state index contributed by atoms with van der Waals surface area (Å²) in [6.45, 7) is 1.78. The fourth-order valence-electron chi connectivity index (χ4n) is 4.34. The minimum Gasteiger partial charge on any atom is -0.449 e. The van der Waals surface area contributed by atoms with Crippen molar-refractivity contribution in [1.29, 1.82) is 0 Å². The van der Waals surface area contributed by atoms with Gasteiger partial charge in [0.05, 0.1) is 12.2 Å². The van der Waals surface area contributed by atoms with Crippen molar-refractivity contribution in [2.24, 2.45) is 0 Å². The third-order valence-corrected chi connectivity index (χ3v) is 6.02. The number of hydrogen-bond acceptors (Lipinski definition) is 5. The maximum Gasteiger partial charge on any atom is 0.407 e. The summed E-state index contributed by atoms with van der Waals surface area (Å²) in [5, 5.41) is 10.8. The van der Waals surface area contributed by atoms with Gasteiger partial charge in [-0.25, -0.2) is 9.48 Å². The minimum atomic E-state index is -0.400. The SMILES string of the molecule is CC(=O)c1cn(C2CC(NC(=O)OCC3c4ccccc4-c4ccccc43)C2)nn1. The summed E-state index contributed by atoms with van der Waals surface area (Å²) < 4.78 is 7.29. The lowest BCUT2D eigenvalue weighted by Crippen LogP contribution is -2.45. The zero-order chi connectivity index (χ0) is 20.7. The Hall–Kier alpha value is -3.48. The maximum atomic E-state index is 12.4. The molecule has 7 nitrogen and oxygen atoms in total. The summed E-state index contributed by atoms with van der Waals surface area (Å²) in [5.41, 5.74) is 5.18. The van der Waals surface area contributed by atoms with E-state index in [0.29, 0.717) is 12.3 Å². The van der Waals surface area contributed by atoms with Gasteiger partial charge in [0.25, 0.3) is 0 Å². The monoisotopic (exact) mass is 402 g/mol. The van der Waals surface area contributed by atoms with E-state index in [-0.39, 0.29) is 23.8 Å². The van der Waals surface area contributed by atoms with Crippen LogP contribution >= 0.6 is 0 Å². The van der Waals surface area contributed by atoms with Crippen LogP contribution in [0.2, 0.25) is 0 Å². The number of Topliss-reactive ketones (excluding diaryl/α,β-unsaturated/α-hetero) is 1. The molecule has 0 spiro atoms. The third kappa shape index (κ3) is 3.26. The summed E-state index contributed by atoms with van der Waals surface area (Å²) in [4.78, 5) is 23.7. The number of carbonyl (C=O) groups is 2. The molecular weight excluding hydrogens is 380 g/mol. The van der Waals surface area contributed by atoms with Crippen molar-refractivity contribution in [2.45, 2.75) is 37.8 Å². The largest absolute Gasteiger partial charge is 0.449 e. The van der Waals surface area contributed by atoms with Gasteiger partial charge >= 0.3 is 6.09 Å². The van der Waals surface area contributed by atoms with Crippen molar-refractivity contribution in [3.8, 4) is 11.1 Å². The Morgan fingerprint density at radius 1 is 1.07 bits per heavy atom. The summed E-state index contributed by atoms with van der Waals surface area (Å²) in [6.07, 6.45) is 2.75. The molecule has 1 aromatic heterocycles. The van der Waals surface area contributed by atoms with Crippen LogP contribution in [-0.2, 0) is 4.74 Å². The second-order valence-corrected chi connectivity index (χ2v) is 7.93. The fourth-order valence-corrected chi connectivity index (χ4v) is 4.34. The molecule has 1 saturated carbocycles. The van der Waals surface area contributed by atoms with E-state index in [2.05, 4.69) is 39.9 Å². The highest BCUT2D eigenvalue weighted by Gasteiger charge is 2.34. The Labute approximate surface area is 174 Å². The first-order valence-corrected chi connectivity index (χ1v) is 10.1. The lowest BCUT2D eigenvalue weighted by atomic mass is 9.87. The van der Waals surface area contributed by atoms with E-state index in [0.717, 1.165) is 12.8 Å². The van der Waals surface area contributed by atoms with Crippen LogP contribution in [0.25, 0.3) is 11.1 Å². The van der Waals surface area contributed by atoms with E-state index in [1.165, 1.54) is 29.2 Å². The van der Waals surface area contributed by atoms with E-state index < -0.39 is 6.09 Å². The van der Waals surface area contributed by atoms with Crippen LogP contribution in [0.5, 0.6) is 0 Å². The van der Waals surface area contributed by atoms with Crippen molar-refractivity contribution in [3.63, 3.8) is 0 Å². The molecule has 0 unspecified atom stereocenters. The third-order valence-electron chi connectivity index (χ3n) is 6.02. The van der Waals surface area contributed by atoms with Gasteiger partial charge in [-0.15, -0.1) is 5.10 Å². The second kappa shape index (κ2) is 7.40. The number of benzene rings is 2. The number of nitrogens with one attached hydrogen (secondary N) is 1. The maximum absolute atomic E-state index is 12.4. The fraction of sp³-hybridized carbons (Fsp3) is 0.304. The van der Waals surface area contributed by atoms with Crippen molar-refractivity contribution < 1.29 is 14.3 Å². The first kappa shape index (κ1) is 18.5. The number of hydrogen-bond donors (Lipinski definition) is 1. The highest BCUT2D eigenvalue weighted by molar-refractivity contribution is 5.91. The Morgan fingerprint density at radius 2 is 1.70 bits per heavy atom. The first-order chi connectivity index (χ1) is 14.6. The highest BCUT2D eigenvalue weighted by atomic mass is 16.5. The Balaban J connectivity index is 1.16. The molecule has 0 radical (unpaired) electrons. The summed E-state index contributed by atoms with van der Waals surface area (Å²) in [7, 11) is 0. The minimum absolute atomic E-state index is 0.0376. The van der Waals surface area contributed by atoms with Crippen molar-refractivity contribution in [2.75, 3.05) is 6.61 Å². The van der Waals surface area contributed by atoms with Crippen molar-refractivity contribution in [3.05, 3.63) is 71.5 Å². The summed E-state index contributed by atoms with van der Waals surface area (Å²) in [6, 6.07) is 16.7. The van der Waals surface area contributed by atoms with Gasteiger partial charge in [-0.05, 0) is 35.1 Å². The average molecular weight is 402 g/mol. The van der Waals surface area contributed by atoms with Crippen LogP contribution in [-0.4, -0.2) is 39.5 Å². The molecule has 152 valence electrons. The molecular formula is C23H22N4O3. The van der Waals surface area contributed by atoms with Gasteiger partial charge in [-0.1, -0.05) is 53.7 Å². The number of alkyl carbamates (subject to hydrolysis) is 1. The molecule has 30 heavy (non-hydrogen) atoms. The number of rotatable bonds is 5. The normalized spacial score (nSPS) is 19.5. The van der Waals surface area contributed by atoms with Gasteiger partial charge < -0.3 is 10.1 Å². The van der Waals surface area contributed by atoms with Gasteiger partial charge in [0.2, 0.25) is 0 Å². The first-order valence-electron chi connectivity index (χ1n) is 10.1. The quantitative estimate of drug-likeness (QED) is 0.658. The number of carbonyl (C=O) groups excluding carboxylic acids is 2. The zero-order valence-electron chi connectivity index (χ0n) is 16.6. The number of fused-ring (bicyclic) bond motifs is 3. The molecule has 7 heteroatoms. The van der Waals surface area contributed by atoms with Gasteiger partial charge in [0, 0.05) is 18.9 Å². The molecule has 5 rings (SSSR count). The van der Waals surface area contributed by atoms with E-state index in [4.69, 9.17) is 4.74 Å². The van der Waals surface area contributed by atoms with Crippen LogP contribution < -0.4 is 5.32 Å². The molecule has 0 saturated heterocycles. The number of amides is 1. The van der Waals surface area contributed by atoms with Gasteiger partial charge in [-0.2, -0.15) is 0 Å². The molecule has 1 N–H and O–H groups in total. The predicted molar refractivity (Wildman–Crippen MR) is 110 cm³/mol. The van der Waals surface area contributed by atoms with Crippen LogP contribution in [0, 0.1) is 0 Å². The molecule has 2 aliphatic carbocycles. The molecule has 1 fully saturated rings. The molecule has 3 aromatic rings. The van der Waals surface area contributed by atoms with Crippen LogP contribution in [0.15, 0.2) is 54.7 Å². The lowest BCUT2D eigenvalue weighted by Gasteiger charge is -2.35. The van der Waals surface area contributed by atoms with Gasteiger partial charge in [0.15, 0.2) is 5.78 Å². The molecule has 2 aromatic carbocycles. The van der Waals surface area contributed by atoms with E-state index in [9.17, 15) is 9.59 Å². The summed E-state index contributed by atoms with van der Waals surface area (Å²) >= 11 is 0. The molecule has 0 bridgehead atoms. The molecule has 0 aliphatic heterocycles. The predicted octanol–water partition coefficient (Wildman–Crippen LogP) is 3.72. The Bertz CT molecular complexity index is 1070. The lowest BCUT2D eigenvalue weighted by molar-refractivity contribution is 0.101. The molecule has 2 aliphatic rings. The van der Waals surface area contributed by atoms with Crippen molar-refractivity contribution >= 4 is 11.9 Å². The number of ketones is 1. The van der Waals surface area contributed by atoms with Crippen LogP contribution in [0.4, 0.5) is 4.79 Å². The topological polar surface area (TPSA) is 86.1 Å². The Morgan fingerprint density at radius 3 is 2.30 bits per heavy atom. The van der Waals surface area contributed by atoms with Crippen LogP contribution in [0.1, 0.15) is 53.3 Å². The van der Waals surface area contributed by atoms with Crippen molar-refractivity contribution in [1.82, 2.24) is 20.3 Å². The molecule has 1 amide bonds. The highest BCUT2D eigenvalue weighted by Crippen LogP contribution is 2.44. The summed E-state index contributed by atoms with van der Waals surface area (Å²) in [5.74, 6) is -0.0497. The zero-order valence-corrected chi connectivity index (χ0v) is 16.6. The standard InChI is InChI=1S/C23H22N4O3/c1-14(28)22-12-27(26-25-22)16-10-15(11-16)24-23(29)30-13-21-19-8-4-2-6-17(19)18-7-3-5-9-20(18)21/h2-9,12,15-16,21H,10-11,13H2,1H3,(H,24,29). The number of ether oxygens (including phenoxy) is 1. The second-order valence-electron chi connectivity index (χ2n) is 7.93. The molecule has 1 heterocycles. The van der Waals surface area contributed by atoms with E-state index in [1.54, 1.807) is 10.9 Å². The number of aromatic nitrogens is 3. The van der Waals surface area contributed by atoms with Gasteiger partial charge in [0.1, 0.15) is 12.3 Å². The number of nitrogens with zero attached hydrogens (tertiary/aromatic N) is 3.